The number of thiophene rings is 1. The number of aryl methyl sites for hydroxylation is 1. The van der Waals surface area contributed by atoms with Crippen LogP contribution < -0.4 is 19.5 Å². The molecule has 6 nitrogen and oxygen atoms in total. The predicted molar refractivity (Wildman–Crippen MR) is 180 cm³/mol. The highest BCUT2D eigenvalue weighted by molar-refractivity contribution is 7.22. The Morgan fingerprint density at radius 3 is 1.86 bits per heavy atom. The van der Waals surface area contributed by atoms with E-state index in [0.29, 0.717) is 0 Å². The van der Waals surface area contributed by atoms with Crippen molar-refractivity contribution in [1.82, 2.24) is 9.80 Å². The zero-order chi connectivity index (χ0) is 29.6. The van der Waals surface area contributed by atoms with Crippen LogP contribution in [0.5, 0.6) is 17.2 Å². The van der Waals surface area contributed by atoms with Crippen LogP contribution in [0.25, 0.3) is 20.5 Å². The van der Waals surface area contributed by atoms with Crippen molar-refractivity contribution in [3.8, 4) is 27.7 Å². The molecular formula is C36H45N3O3S. The number of benzene rings is 3. The van der Waals surface area contributed by atoms with Gasteiger partial charge in [0.2, 0.25) is 0 Å². The molecule has 0 unspecified atom stereocenters. The Kier molecular flexibility index (Phi) is 9.71. The SMILES string of the molecule is Cc1c(-c2ccc(OCCN3CCCC3)cc2)sc2cc(OC(C)C)cc(Nc3ccc(OCCN4CCCC4)cc3)c12. The van der Waals surface area contributed by atoms with E-state index in [1.54, 1.807) is 0 Å². The molecule has 0 aliphatic carbocycles. The second-order valence-electron chi connectivity index (χ2n) is 12.0. The van der Waals surface area contributed by atoms with Gasteiger partial charge in [0.1, 0.15) is 30.5 Å². The Morgan fingerprint density at radius 2 is 1.30 bits per heavy atom. The first-order valence-electron chi connectivity index (χ1n) is 15.9. The molecule has 1 aromatic heterocycles. The maximum absolute atomic E-state index is 6.17. The fourth-order valence-electron chi connectivity index (χ4n) is 6.16. The van der Waals surface area contributed by atoms with Gasteiger partial charge in [0, 0.05) is 39.8 Å². The minimum atomic E-state index is 0.0980. The van der Waals surface area contributed by atoms with Gasteiger partial charge in [-0.25, -0.2) is 0 Å². The smallest absolute Gasteiger partial charge is 0.123 e. The van der Waals surface area contributed by atoms with Gasteiger partial charge in [0.15, 0.2) is 0 Å². The highest BCUT2D eigenvalue weighted by Gasteiger charge is 2.17. The first kappa shape index (κ1) is 29.8. The molecule has 43 heavy (non-hydrogen) atoms. The van der Waals surface area contributed by atoms with Crippen molar-refractivity contribution >= 4 is 32.8 Å². The van der Waals surface area contributed by atoms with Crippen molar-refractivity contribution in [3.05, 3.63) is 66.2 Å². The van der Waals surface area contributed by atoms with Crippen LogP contribution in [0.4, 0.5) is 11.4 Å². The molecular weight excluding hydrogens is 554 g/mol. The van der Waals surface area contributed by atoms with Crippen molar-refractivity contribution in [1.29, 1.82) is 0 Å². The molecule has 0 radical (unpaired) electrons. The molecule has 2 fully saturated rings. The van der Waals surface area contributed by atoms with Crippen LogP contribution in [0, 0.1) is 6.92 Å². The minimum Gasteiger partial charge on any atom is -0.492 e. The highest BCUT2D eigenvalue weighted by atomic mass is 32.1. The van der Waals surface area contributed by atoms with E-state index in [1.807, 2.05) is 11.3 Å². The molecule has 2 aliphatic rings. The molecule has 0 saturated carbocycles. The maximum atomic E-state index is 6.17. The van der Waals surface area contributed by atoms with Crippen molar-refractivity contribution < 1.29 is 14.2 Å². The minimum absolute atomic E-state index is 0.0980. The number of anilines is 2. The quantitative estimate of drug-likeness (QED) is 0.167. The second kappa shape index (κ2) is 14.0. The van der Waals surface area contributed by atoms with E-state index >= 15 is 0 Å². The van der Waals surface area contributed by atoms with E-state index in [0.717, 1.165) is 54.9 Å². The topological polar surface area (TPSA) is 46.2 Å². The van der Waals surface area contributed by atoms with Crippen LogP contribution in [0.2, 0.25) is 0 Å². The van der Waals surface area contributed by atoms with Crippen molar-refractivity contribution in [2.45, 2.75) is 52.6 Å². The molecule has 0 spiro atoms. The highest BCUT2D eigenvalue weighted by Crippen LogP contribution is 2.44. The number of ether oxygens (including phenoxy) is 3. The van der Waals surface area contributed by atoms with Crippen molar-refractivity contribution in [3.63, 3.8) is 0 Å². The maximum Gasteiger partial charge on any atom is 0.123 e. The van der Waals surface area contributed by atoms with Crippen LogP contribution in [-0.4, -0.2) is 68.4 Å². The van der Waals surface area contributed by atoms with E-state index in [2.05, 4.69) is 96.6 Å². The van der Waals surface area contributed by atoms with Crippen molar-refractivity contribution in [2.75, 3.05) is 57.8 Å². The summed E-state index contributed by atoms with van der Waals surface area (Å²) < 4.78 is 19.5. The number of nitrogens with zero attached hydrogens (tertiary/aromatic N) is 2. The van der Waals surface area contributed by atoms with Gasteiger partial charge in [-0.2, -0.15) is 0 Å². The van der Waals surface area contributed by atoms with Gasteiger partial charge in [0.05, 0.1) is 11.8 Å². The van der Waals surface area contributed by atoms with Gasteiger partial charge in [-0.15, -0.1) is 11.3 Å². The molecule has 2 saturated heterocycles. The largest absolute Gasteiger partial charge is 0.492 e. The van der Waals surface area contributed by atoms with Gasteiger partial charge < -0.3 is 19.5 Å². The Bertz CT molecular complexity index is 1470. The molecule has 3 aromatic carbocycles. The number of rotatable bonds is 13. The summed E-state index contributed by atoms with van der Waals surface area (Å²) >= 11 is 1.81. The monoisotopic (exact) mass is 599 g/mol. The van der Waals surface area contributed by atoms with Crippen LogP contribution in [-0.2, 0) is 0 Å². The van der Waals surface area contributed by atoms with Gasteiger partial charge >= 0.3 is 0 Å². The summed E-state index contributed by atoms with van der Waals surface area (Å²) in [6.45, 7) is 14.6. The molecule has 228 valence electrons. The molecule has 7 heteroatoms. The van der Waals surface area contributed by atoms with E-state index in [1.165, 1.54) is 78.0 Å². The number of hydrogen-bond acceptors (Lipinski definition) is 7. The van der Waals surface area contributed by atoms with E-state index in [4.69, 9.17) is 14.2 Å². The summed E-state index contributed by atoms with van der Waals surface area (Å²) in [5.41, 5.74) is 4.55. The molecule has 6 rings (SSSR count). The fourth-order valence-corrected chi connectivity index (χ4v) is 7.43. The van der Waals surface area contributed by atoms with Gasteiger partial charge in [0.25, 0.3) is 0 Å². The second-order valence-corrected chi connectivity index (χ2v) is 13.1. The van der Waals surface area contributed by atoms with Gasteiger partial charge in [-0.3, -0.25) is 9.80 Å². The molecule has 4 aromatic rings. The third kappa shape index (κ3) is 7.64. The average molecular weight is 600 g/mol. The number of likely N-dealkylation sites (tertiary alicyclic amines) is 2. The molecule has 2 aliphatic heterocycles. The number of hydrogen-bond donors (Lipinski definition) is 1. The van der Waals surface area contributed by atoms with Crippen molar-refractivity contribution in [2.24, 2.45) is 0 Å². The molecule has 1 N–H and O–H groups in total. The average Bonchev–Trinajstić information content (AvgIpc) is 3.77. The Balaban J connectivity index is 1.18. The summed E-state index contributed by atoms with van der Waals surface area (Å²) in [7, 11) is 0. The fraction of sp³-hybridized carbons (Fsp3) is 0.444. The van der Waals surface area contributed by atoms with Gasteiger partial charge in [-0.05, 0) is 138 Å². The Labute approximate surface area is 260 Å². The number of nitrogens with one attached hydrogen (secondary N) is 1. The summed E-state index contributed by atoms with van der Waals surface area (Å²) in [6.07, 6.45) is 5.34. The standard InChI is InChI=1S/C36H45N3O3S/c1-26(2)42-32-24-33(37-29-10-14-31(15-11-29)41-23-21-39-18-6-7-19-39)35-27(3)36(43-34(35)25-32)28-8-12-30(13-9-28)40-22-20-38-16-4-5-17-38/h8-15,24-26,37H,4-7,16-23H2,1-3H3. The Hall–Kier alpha value is -3.26. The normalized spacial score (nSPS) is 15.9. The summed E-state index contributed by atoms with van der Waals surface area (Å²) in [5, 5.41) is 4.92. The van der Waals surface area contributed by atoms with E-state index < -0.39 is 0 Å². The molecule has 0 bridgehead atoms. The lowest BCUT2D eigenvalue weighted by molar-refractivity contribution is 0.237. The molecule has 0 atom stereocenters. The van der Waals surface area contributed by atoms with Crippen LogP contribution >= 0.6 is 11.3 Å². The first-order chi connectivity index (χ1) is 21.0. The van der Waals surface area contributed by atoms with Gasteiger partial charge in [-0.1, -0.05) is 0 Å². The third-order valence-electron chi connectivity index (χ3n) is 8.37. The van der Waals surface area contributed by atoms with E-state index in [-0.39, 0.29) is 6.10 Å². The van der Waals surface area contributed by atoms with Crippen LogP contribution in [0.15, 0.2) is 60.7 Å². The lowest BCUT2D eigenvalue weighted by Gasteiger charge is -2.16. The van der Waals surface area contributed by atoms with E-state index in [9.17, 15) is 0 Å². The lowest BCUT2D eigenvalue weighted by atomic mass is 10.1. The summed E-state index contributed by atoms with van der Waals surface area (Å²) in [5.74, 6) is 2.71. The zero-order valence-electron chi connectivity index (χ0n) is 25.9. The lowest BCUT2D eigenvalue weighted by Crippen LogP contribution is -2.25. The zero-order valence-corrected chi connectivity index (χ0v) is 26.7. The first-order valence-corrected chi connectivity index (χ1v) is 16.7. The third-order valence-corrected chi connectivity index (χ3v) is 9.66. The summed E-state index contributed by atoms with van der Waals surface area (Å²) in [4.78, 5) is 6.23. The van der Waals surface area contributed by atoms with Crippen LogP contribution in [0.3, 0.4) is 0 Å². The number of fused-ring (bicyclic) bond motifs is 1. The van der Waals surface area contributed by atoms with Crippen LogP contribution in [0.1, 0.15) is 45.1 Å². The Morgan fingerprint density at radius 1 is 0.744 bits per heavy atom. The summed E-state index contributed by atoms with van der Waals surface area (Å²) in [6, 6.07) is 21.2. The predicted octanol–water partition coefficient (Wildman–Crippen LogP) is 8.36. The molecule has 0 amide bonds. The molecule has 3 heterocycles.